The van der Waals surface area contributed by atoms with E-state index >= 15 is 0 Å². The molecule has 0 bridgehead atoms. The molecule has 1 fully saturated rings. The normalized spacial score (nSPS) is 16.6. The quantitative estimate of drug-likeness (QED) is 0.333. The molecule has 21 heavy (non-hydrogen) atoms. The van der Waals surface area contributed by atoms with Gasteiger partial charge in [-0.05, 0) is 47.0 Å². The first-order valence-electron chi connectivity index (χ1n) is 7.71. The van der Waals surface area contributed by atoms with Crippen LogP contribution in [0.15, 0.2) is 12.2 Å². The van der Waals surface area contributed by atoms with Gasteiger partial charge in [0.15, 0.2) is 0 Å². The van der Waals surface area contributed by atoms with Gasteiger partial charge in [-0.25, -0.2) is 4.79 Å². The van der Waals surface area contributed by atoms with Crippen molar-refractivity contribution in [3.05, 3.63) is 12.2 Å². The van der Waals surface area contributed by atoms with Crippen LogP contribution in [0, 0.1) is 0 Å². The molecule has 0 aromatic heterocycles. The monoisotopic (exact) mass is 316 g/mol. The number of esters is 1. The van der Waals surface area contributed by atoms with Gasteiger partial charge in [-0.1, -0.05) is 6.58 Å². The standard InChI is InChI=1S/C15H28O5Si/c1-6-18-21(19-7-2,20-8-3)15(9-10-15)11-12-17-14(16)13(4)5/h4,6-12H2,1-3,5H3. The number of hydrogen-bond acceptors (Lipinski definition) is 5. The molecule has 1 aliphatic carbocycles. The Balaban J connectivity index is 2.71. The van der Waals surface area contributed by atoms with E-state index in [4.69, 9.17) is 18.0 Å². The third kappa shape index (κ3) is 4.39. The molecule has 6 heteroatoms. The molecule has 0 N–H and O–H groups in total. The van der Waals surface area contributed by atoms with Crippen LogP contribution in [-0.4, -0.2) is 41.2 Å². The van der Waals surface area contributed by atoms with Gasteiger partial charge in [0.05, 0.1) is 6.61 Å². The number of carbonyl (C=O) groups excluding carboxylic acids is 1. The lowest BCUT2D eigenvalue weighted by molar-refractivity contribution is -0.139. The Kier molecular flexibility index (Phi) is 7.06. The van der Waals surface area contributed by atoms with Crippen LogP contribution in [0.5, 0.6) is 0 Å². The summed E-state index contributed by atoms with van der Waals surface area (Å²) in [4.78, 5) is 11.5. The van der Waals surface area contributed by atoms with E-state index in [0.717, 1.165) is 19.3 Å². The second-order valence-electron chi connectivity index (χ2n) is 5.30. The Labute approximate surface area is 129 Å². The number of carbonyl (C=O) groups is 1. The van der Waals surface area contributed by atoms with Crippen molar-refractivity contribution in [2.45, 2.75) is 52.0 Å². The largest absolute Gasteiger partial charge is 0.507 e. The molecule has 0 aliphatic heterocycles. The number of ether oxygens (including phenoxy) is 1. The van der Waals surface area contributed by atoms with Crippen molar-refractivity contribution < 1.29 is 22.8 Å². The zero-order valence-electron chi connectivity index (χ0n) is 13.7. The van der Waals surface area contributed by atoms with Gasteiger partial charge in [0.1, 0.15) is 0 Å². The van der Waals surface area contributed by atoms with E-state index in [-0.39, 0.29) is 11.0 Å². The Morgan fingerprint density at radius 2 is 1.57 bits per heavy atom. The van der Waals surface area contributed by atoms with E-state index in [1.807, 2.05) is 20.8 Å². The Hall–Kier alpha value is -0.693. The summed E-state index contributed by atoms with van der Waals surface area (Å²) < 4.78 is 23.2. The SMILES string of the molecule is C=C(C)C(=O)OCCC1([Si](OCC)(OCC)OCC)CC1. The van der Waals surface area contributed by atoms with Crippen LogP contribution in [-0.2, 0) is 22.8 Å². The van der Waals surface area contributed by atoms with Crippen molar-refractivity contribution in [3.63, 3.8) is 0 Å². The molecule has 0 aromatic rings. The first-order chi connectivity index (χ1) is 9.97. The minimum atomic E-state index is -2.72. The molecular formula is C15H28O5Si. The van der Waals surface area contributed by atoms with E-state index < -0.39 is 8.80 Å². The van der Waals surface area contributed by atoms with Gasteiger partial charge < -0.3 is 18.0 Å². The van der Waals surface area contributed by atoms with Gasteiger partial charge in [0.2, 0.25) is 0 Å². The molecule has 0 heterocycles. The van der Waals surface area contributed by atoms with Crippen molar-refractivity contribution >= 4 is 14.8 Å². The predicted octanol–water partition coefficient (Wildman–Crippen LogP) is 3.08. The summed E-state index contributed by atoms with van der Waals surface area (Å²) in [5.41, 5.74) is 0.419. The fraction of sp³-hybridized carbons (Fsp3) is 0.800. The lowest BCUT2D eigenvalue weighted by Gasteiger charge is -2.35. The molecule has 0 aromatic carbocycles. The van der Waals surface area contributed by atoms with E-state index in [1.165, 1.54) is 0 Å². The zero-order chi connectivity index (χ0) is 15.9. The van der Waals surface area contributed by atoms with E-state index in [1.54, 1.807) is 6.92 Å². The fourth-order valence-corrected chi connectivity index (χ4v) is 5.93. The summed E-state index contributed by atoms with van der Waals surface area (Å²) in [7, 11) is -2.72. The third-order valence-corrected chi connectivity index (χ3v) is 7.72. The highest BCUT2D eigenvalue weighted by atomic mass is 28.4. The lowest BCUT2D eigenvalue weighted by atomic mass is 10.3. The van der Waals surface area contributed by atoms with Crippen molar-refractivity contribution in [1.82, 2.24) is 0 Å². The average Bonchev–Trinajstić information content (AvgIpc) is 3.20. The predicted molar refractivity (Wildman–Crippen MR) is 82.9 cm³/mol. The molecule has 0 saturated heterocycles. The molecular weight excluding hydrogens is 288 g/mol. The molecule has 1 rings (SSSR count). The molecule has 5 nitrogen and oxygen atoms in total. The molecule has 0 unspecified atom stereocenters. The van der Waals surface area contributed by atoms with Crippen LogP contribution < -0.4 is 0 Å². The topological polar surface area (TPSA) is 54.0 Å². The Bertz CT molecular complexity index is 348. The molecule has 1 aliphatic rings. The molecule has 0 radical (unpaired) electrons. The van der Waals surface area contributed by atoms with Crippen LogP contribution in [0.4, 0.5) is 0 Å². The Morgan fingerprint density at radius 3 is 1.90 bits per heavy atom. The van der Waals surface area contributed by atoms with E-state index in [2.05, 4.69) is 6.58 Å². The molecule has 1 saturated carbocycles. The van der Waals surface area contributed by atoms with Crippen molar-refractivity contribution in [2.24, 2.45) is 0 Å². The number of rotatable bonds is 11. The Morgan fingerprint density at radius 1 is 1.10 bits per heavy atom. The van der Waals surface area contributed by atoms with Crippen LogP contribution in [0.2, 0.25) is 5.04 Å². The van der Waals surface area contributed by atoms with Gasteiger partial charge in [0, 0.05) is 30.4 Å². The third-order valence-electron chi connectivity index (χ3n) is 3.67. The second kappa shape index (κ2) is 8.08. The number of hydrogen-bond donors (Lipinski definition) is 0. The second-order valence-corrected chi connectivity index (χ2v) is 8.34. The maximum atomic E-state index is 11.5. The van der Waals surface area contributed by atoms with Crippen LogP contribution >= 0.6 is 0 Å². The summed E-state index contributed by atoms with van der Waals surface area (Å²) >= 11 is 0. The first-order valence-corrected chi connectivity index (χ1v) is 9.44. The van der Waals surface area contributed by atoms with Crippen molar-refractivity contribution in [3.8, 4) is 0 Å². The molecule has 122 valence electrons. The van der Waals surface area contributed by atoms with Crippen molar-refractivity contribution in [2.75, 3.05) is 26.4 Å². The maximum absolute atomic E-state index is 11.5. The van der Waals surface area contributed by atoms with Crippen molar-refractivity contribution in [1.29, 1.82) is 0 Å². The summed E-state index contributed by atoms with van der Waals surface area (Å²) in [6, 6.07) is 0. The van der Waals surface area contributed by atoms with E-state index in [0.29, 0.717) is 32.0 Å². The minimum absolute atomic E-state index is 0.0929. The smallest absolute Gasteiger partial charge is 0.462 e. The highest BCUT2D eigenvalue weighted by Gasteiger charge is 2.67. The van der Waals surface area contributed by atoms with Gasteiger partial charge in [-0.3, -0.25) is 0 Å². The summed E-state index contributed by atoms with van der Waals surface area (Å²) in [6.07, 6.45) is 2.73. The summed E-state index contributed by atoms with van der Waals surface area (Å²) in [5.74, 6) is -0.345. The first kappa shape index (κ1) is 18.4. The van der Waals surface area contributed by atoms with Gasteiger partial charge in [-0.15, -0.1) is 0 Å². The van der Waals surface area contributed by atoms with Crippen LogP contribution in [0.3, 0.4) is 0 Å². The molecule has 0 atom stereocenters. The fourth-order valence-electron chi connectivity index (χ4n) is 2.48. The molecule has 0 spiro atoms. The van der Waals surface area contributed by atoms with Gasteiger partial charge in [0.25, 0.3) is 0 Å². The highest BCUT2D eigenvalue weighted by Crippen LogP contribution is 2.64. The maximum Gasteiger partial charge on any atom is 0.507 e. The average molecular weight is 316 g/mol. The van der Waals surface area contributed by atoms with Crippen LogP contribution in [0.1, 0.15) is 47.0 Å². The van der Waals surface area contributed by atoms with Gasteiger partial charge >= 0.3 is 14.8 Å². The lowest BCUT2D eigenvalue weighted by Crippen LogP contribution is -2.52. The molecule has 0 amide bonds. The van der Waals surface area contributed by atoms with E-state index in [9.17, 15) is 4.79 Å². The zero-order valence-corrected chi connectivity index (χ0v) is 14.7. The van der Waals surface area contributed by atoms with Gasteiger partial charge in [-0.2, -0.15) is 0 Å². The van der Waals surface area contributed by atoms with Crippen LogP contribution in [0.25, 0.3) is 0 Å². The summed E-state index contributed by atoms with van der Waals surface area (Å²) in [6.45, 7) is 13.2. The summed E-state index contributed by atoms with van der Waals surface area (Å²) in [5, 5.41) is -0.0929. The minimum Gasteiger partial charge on any atom is -0.462 e. The highest BCUT2D eigenvalue weighted by molar-refractivity contribution is 6.65.